The molecule has 0 saturated carbocycles. The quantitative estimate of drug-likeness (QED) is 0.653. The molecule has 0 radical (unpaired) electrons. The Labute approximate surface area is 150 Å². The second-order valence-electron chi connectivity index (χ2n) is 5.12. The Kier molecular flexibility index (Phi) is 5.13. The average molecular weight is 360 g/mol. The number of nitrogens with zero attached hydrogens (tertiary/aromatic N) is 3. The number of hydrogen-bond acceptors (Lipinski definition) is 5. The molecule has 2 N–H and O–H groups in total. The average Bonchev–Trinajstić information content (AvgIpc) is 2.55. The number of aromatic nitrogens is 3. The van der Waals surface area contributed by atoms with E-state index in [9.17, 15) is 0 Å². The molecule has 24 heavy (non-hydrogen) atoms. The van der Waals surface area contributed by atoms with Gasteiger partial charge in [-0.15, -0.1) is 5.10 Å². The van der Waals surface area contributed by atoms with Gasteiger partial charge in [0.25, 0.3) is 0 Å². The van der Waals surface area contributed by atoms with Crippen molar-refractivity contribution in [2.45, 2.75) is 13.3 Å². The maximum absolute atomic E-state index is 5.99. The maximum atomic E-state index is 5.99. The van der Waals surface area contributed by atoms with E-state index in [1.54, 1.807) is 18.2 Å². The summed E-state index contributed by atoms with van der Waals surface area (Å²) in [6.07, 6.45) is 2.53. The minimum absolute atomic E-state index is 0.400. The smallest absolute Gasteiger partial charge is 0.249 e. The molecule has 3 aromatic rings. The Hall–Kier alpha value is -2.37. The van der Waals surface area contributed by atoms with E-state index in [-0.39, 0.29) is 0 Å². The van der Waals surface area contributed by atoms with Crippen LogP contribution in [-0.2, 0) is 6.42 Å². The van der Waals surface area contributed by atoms with Crippen molar-refractivity contribution in [2.24, 2.45) is 0 Å². The first-order valence-corrected chi connectivity index (χ1v) is 8.17. The van der Waals surface area contributed by atoms with Crippen molar-refractivity contribution < 1.29 is 0 Å². The molecule has 0 spiro atoms. The summed E-state index contributed by atoms with van der Waals surface area (Å²) in [5.41, 5.74) is 2.90. The van der Waals surface area contributed by atoms with E-state index >= 15 is 0 Å². The highest BCUT2D eigenvalue weighted by molar-refractivity contribution is 6.35. The van der Waals surface area contributed by atoms with E-state index in [0.717, 1.165) is 17.8 Å². The minimum Gasteiger partial charge on any atom is -0.339 e. The van der Waals surface area contributed by atoms with E-state index in [0.29, 0.717) is 21.8 Å². The summed E-state index contributed by atoms with van der Waals surface area (Å²) >= 11 is 12.0. The van der Waals surface area contributed by atoms with Gasteiger partial charge in [-0.1, -0.05) is 42.3 Å². The van der Waals surface area contributed by atoms with Crippen LogP contribution >= 0.6 is 23.2 Å². The van der Waals surface area contributed by atoms with Crippen LogP contribution in [0.2, 0.25) is 10.0 Å². The second kappa shape index (κ2) is 7.47. The summed E-state index contributed by atoms with van der Waals surface area (Å²) in [4.78, 5) is 4.38. The Morgan fingerprint density at radius 2 is 1.62 bits per heavy atom. The summed E-state index contributed by atoms with van der Waals surface area (Å²) in [6.45, 7) is 2.12. The molecule has 122 valence electrons. The van der Waals surface area contributed by atoms with E-state index in [2.05, 4.69) is 44.9 Å². The van der Waals surface area contributed by atoms with Gasteiger partial charge < -0.3 is 10.6 Å². The van der Waals surface area contributed by atoms with Crippen molar-refractivity contribution >= 4 is 46.3 Å². The van der Waals surface area contributed by atoms with Crippen molar-refractivity contribution in [2.75, 3.05) is 10.6 Å². The van der Waals surface area contributed by atoms with Crippen LogP contribution in [0.1, 0.15) is 12.5 Å². The number of anilines is 4. The van der Waals surface area contributed by atoms with Crippen LogP contribution in [0.5, 0.6) is 0 Å². The molecule has 0 aliphatic heterocycles. The third-order valence-electron chi connectivity index (χ3n) is 3.31. The molecule has 2 aromatic carbocycles. The largest absolute Gasteiger partial charge is 0.339 e. The molecule has 7 heteroatoms. The summed E-state index contributed by atoms with van der Waals surface area (Å²) in [7, 11) is 0. The second-order valence-corrected chi connectivity index (χ2v) is 6.00. The molecule has 0 amide bonds. The van der Waals surface area contributed by atoms with Crippen LogP contribution in [0.25, 0.3) is 0 Å². The molecule has 0 bridgehead atoms. The van der Waals surface area contributed by atoms with Crippen LogP contribution in [0.4, 0.5) is 23.1 Å². The number of benzene rings is 2. The van der Waals surface area contributed by atoms with Crippen LogP contribution in [0.3, 0.4) is 0 Å². The zero-order valence-corrected chi connectivity index (χ0v) is 14.4. The fourth-order valence-electron chi connectivity index (χ4n) is 2.14. The zero-order valence-electron chi connectivity index (χ0n) is 12.9. The monoisotopic (exact) mass is 359 g/mol. The first-order chi connectivity index (χ1) is 11.6. The van der Waals surface area contributed by atoms with Crippen LogP contribution in [-0.4, -0.2) is 15.2 Å². The molecule has 1 heterocycles. The molecule has 0 aliphatic carbocycles. The van der Waals surface area contributed by atoms with E-state index in [1.165, 1.54) is 11.8 Å². The maximum Gasteiger partial charge on any atom is 0.249 e. The highest BCUT2D eigenvalue weighted by Gasteiger charge is 2.04. The highest BCUT2D eigenvalue weighted by atomic mass is 35.5. The Bertz CT molecular complexity index is 816. The molecule has 0 aliphatic rings. The summed E-state index contributed by atoms with van der Waals surface area (Å²) in [5.74, 6) is 0.938. The molecule has 0 saturated heterocycles. The Morgan fingerprint density at radius 1 is 0.917 bits per heavy atom. The molecular weight excluding hydrogens is 345 g/mol. The molecule has 0 fully saturated rings. The topological polar surface area (TPSA) is 62.7 Å². The van der Waals surface area contributed by atoms with Crippen molar-refractivity contribution in [1.29, 1.82) is 0 Å². The molecule has 5 nitrogen and oxygen atoms in total. The third kappa shape index (κ3) is 4.34. The van der Waals surface area contributed by atoms with Gasteiger partial charge in [-0.3, -0.25) is 0 Å². The fourth-order valence-corrected chi connectivity index (χ4v) is 2.67. The lowest BCUT2D eigenvalue weighted by Gasteiger charge is -2.08. The highest BCUT2D eigenvalue weighted by Crippen LogP contribution is 2.24. The van der Waals surface area contributed by atoms with Gasteiger partial charge >= 0.3 is 0 Å². The van der Waals surface area contributed by atoms with E-state index in [4.69, 9.17) is 23.2 Å². The van der Waals surface area contributed by atoms with Crippen LogP contribution in [0.15, 0.2) is 48.7 Å². The summed E-state index contributed by atoms with van der Waals surface area (Å²) in [6, 6.07) is 13.3. The van der Waals surface area contributed by atoms with Gasteiger partial charge in [0.15, 0.2) is 5.82 Å². The number of nitrogens with one attached hydrogen (secondary N) is 2. The lowest BCUT2D eigenvalue weighted by molar-refractivity contribution is 0.982. The normalized spacial score (nSPS) is 10.5. The van der Waals surface area contributed by atoms with E-state index < -0.39 is 0 Å². The first-order valence-electron chi connectivity index (χ1n) is 7.41. The Morgan fingerprint density at radius 3 is 2.29 bits per heavy atom. The number of aryl methyl sites for hydroxylation is 1. The third-order valence-corrected chi connectivity index (χ3v) is 3.75. The molecule has 3 rings (SSSR count). The van der Waals surface area contributed by atoms with Gasteiger partial charge in [0.05, 0.1) is 6.20 Å². The van der Waals surface area contributed by atoms with Gasteiger partial charge in [-0.05, 0) is 42.3 Å². The number of rotatable bonds is 5. The zero-order chi connectivity index (χ0) is 16.9. The molecule has 0 unspecified atom stereocenters. The van der Waals surface area contributed by atoms with Crippen molar-refractivity contribution in [3.05, 3.63) is 64.3 Å². The van der Waals surface area contributed by atoms with Gasteiger partial charge in [-0.25, -0.2) is 0 Å². The minimum atomic E-state index is 0.400. The molecule has 1 aromatic heterocycles. The van der Waals surface area contributed by atoms with Gasteiger partial charge in [0.1, 0.15) is 0 Å². The Balaban J connectivity index is 1.75. The molecule has 0 atom stereocenters. The SMILES string of the molecule is CCc1ccc(Nc2nncc(Nc3cc(Cl)cc(Cl)c3)n2)cc1. The van der Waals surface area contributed by atoms with Gasteiger partial charge in [0.2, 0.25) is 5.95 Å². The van der Waals surface area contributed by atoms with Gasteiger partial charge in [0, 0.05) is 21.4 Å². The van der Waals surface area contributed by atoms with Crippen molar-refractivity contribution in [3.63, 3.8) is 0 Å². The van der Waals surface area contributed by atoms with E-state index in [1.807, 2.05) is 12.1 Å². The summed E-state index contributed by atoms with van der Waals surface area (Å²) in [5, 5.41) is 15.3. The fraction of sp³-hybridized carbons (Fsp3) is 0.118. The summed E-state index contributed by atoms with van der Waals surface area (Å²) < 4.78 is 0. The number of halogens is 2. The van der Waals surface area contributed by atoms with Crippen molar-refractivity contribution in [3.8, 4) is 0 Å². The van der Waals surface area contributed by atoms with Gasteiger partial charge in [-0.2, -0.15) is 10.1 Å². The van der Waals surface area contributed by atoms with Crippen molar-refractivity contribution in [1.82, 2.24) is 15.2 Å². The predicted molar refractivity (Wildman–Crippen MR) is 98.7 cm³/mol. The lowest BCUT2D eigenvalue weighted by Crippen LogP contribution is -2.02. The lowest BCUT2D eigenvalue weighted by atomic mass is 10.1. The number of hydrogen-bond donors (Lipinski definition) is 2. The van der Waals surface area contributed by atoms with Crippen LogP contribution in [0, 0.1) is 0 Å². The molecular formula is C17H15Cl2N5. The van der Waals surface area contributed by atoms with Crippen LogP contribution < -0.4 is 10.6 Å². The standard InChI is InChI=1S/C17H15Cl2N5/c1-2-11-3-5-14(6-4-11)22-17-23-16(10-20-24-17)21-15-8-12(18)7-13(19)9-15/h3-10H,2H2,1H3,(H2,21,22,23,24). The predicted octanol–water partition coefficient (Wildman–Crippen LogP) is 5.23. The first kappa shape index (κ1) is 16.5.